The topological polar surface area (TPSA) is 84.4 Å². The van der Waals surface area contributed by atoms with Gasteiger partial charge in [-0.05, 0) is 31.0 Å². The van der Waals surface area contributed by atoms with Gasteiger partial charge in [0.2, 0.25) is 0 Å². The number of rotatable bonds is 5. The third-order valence-electron chi connectivity index (χ3n) is 3.47. The zero-order chi connectivity index (χ0) is 14.7. The molecule has 1 saturated heterocycles. The van der Waals surface area contributed by atoms with Crippen molar-refractivity contribution in [3.8, 4) is 0 Å². The molecular weight excluding hydrogens is 272 g/mol. The van der Waals surface area contributed by atoms with Crippen LogP contribution >= 0.6 is 0 Å². The van der Waals surface area contributed by atoms with Crippen molar-refractivity contribution in [1.29, 1.82) is 0 Å². The van der Waals surface area contributed by atoms with Crippen LogP contribution in [-0.4, -0.2) is 23.0 Å². The molecule has 2 aromatic heterocycles. The Morgan fingerprint density at radius 3 is 2.86 bits per heavy atom. The highest BCUT2D eigenvalue weighted by molar-refractivity contribution is 5.65. The third kappa shape index (κ3) is 2.96. The van der Waals surface area contributed by atoms with E-state index in [9.17, 15) is 10.1 Å². The summed E-state index contributed by atoms with van der Waals surface area (Å²) in [6.45, 7) is 2.41. The van der Waals surface area contributed by atoms with E-state index in [1.54, 1.807) is 12.3 Å². The van der Waals surface area contributed by atoms with Crippen LogP contribution in [0.2, 0.25) is 0 Å². The number of anilines is 2. The van der Waals surface area contributed by atoms with Gasteiger partial charge in [0.15, 0.2) is 5.82 Å². The molecule has 0 aromatic carbocycles. The van der Waals surface area contributed by atoms with E-state index in [4.69, 9.17) is 4.42 Å². The van der Waals surface area contributed by atoms with Crippen LogP contribution in [0.1, 0.15) is 18.6 Å². The summed E-state index contributed by atoms with van der Waals surface area (Å²) in [5, 5.41) is 13.8. The summed E-state index contributed by atoms with van der Waals surface area (Å²) in [5.41, 5.74) is 0.915. The molecule has 0 radical (unpaired) electrons. The number of nitrogens with zero attached hydrogens (tertiary/aromatic N) is 3. The average Bonchev–Trinajstić information content (AvgIpc) is 3.17. The van der Waals surface area contributed by atoms with Gasteiger partial charge >= 0.3 is 5.88 Å². The van der Waals surface area contributed by atoms with Crippen LogP contribution in [-0.2, 0) is 6.54 Å². The Hall–Kier alpha value is -2.57. The fraction of sp³-hybridized carbons (Fsp3) is 0.357. The monoisotopic (exact) mass is 288 g/mol. The van der Waals surface area contributed by atoms with E-state index in [-0.39, 0.29) is 5.88 Å². The largest absolute Gasteiger partial charge is 0.433 e. The van der Waals surface area contributed by atoms with Crippen molar-refractivity contribution < 1.29 is 9.34 Å². The van der Waals surface area contributed by atoms with Crippen LogP contribution in [0.25, 0.3) is 0 Å². The highest BCUT2D eigenvalue weighted by Gasteiger charge is 2.17. The zero-order valence-corrected chi connectivity index (χ0v) is 11.5. The van der Waals surface area contributed by atoms with Gasteiger partial charge in [-0.15, -0.1) is 0 Å². The Bertz CT molecular complexity index is 635. The highest BCUT2D eigenvalue weighted by Crippen LogP contribution is 2.27. The molecule has 1 N–H and O–H groups in total. The van der Waals surface area contributed by atoms with Gasteiger partial charge in [0.25, 0.3) is 0 Å². The first kappa shape index (κ1) is 13.4. The number of furan rings is 1. The number of aromatic nitrogens is 1. The summed E-state index contributed by atoms with van der Waals surface area (Å²) < 4.78 is 5.14. The minimum Gasteiger partial charge on any atom is -0.404 e. The molecule has 110 valence electrons. The number of hydrogen-bond acceptors (Lipinski definition) is 6. The molecule has 2 aromatic rings. The first-order chi connectivity index (χ1) is 10.2. The van der Waals surface area contributed by atoms with Crippen LogP contribution in [0, 0.1) is 10.1 Å². The minimum atomic E-state index is -0.538. The van der Waals surface area contributed by atoms with E-state index < -0.39 is 4.92 Å². The maximum atomic E-state index is 10.6. The maximum Gasteiger partial charge on any atom is 0.433 e. The van der Waals surface area contributed by atoms with Crippen molar-refractivity contribution in [3.63, 3.8) is 0 Å². The summed E-state index contributed by atoms with van der Waals surface area (Å²) >= 11 is 0. The Balaban J connectivity index is 1.71. The van der Waals surface area contributed by atoms with Gasteiger partial charge in [-0.25, -0.2) is 4.98 Å². The molecule has 0 unspecified atom stereocenters. The molecule has 21 heavy (non-hydrogen) atoms. The predicted molar refractivity (Wildman–Crippen MR) is 78.4 cm³/mol. The smallest absolute Gasteiger partial charge is 0.404 e. The summed E-state index contributed by atoms with van der Waals surface area (Å²) in [6, 6.07) is 6.79. The lowest BCUT2D eigenvalue weighted by molar-refractivity contribution is -0.402. The minimum absolute atomic E-state index is 0.238. The standard InChI is InChI=1S/C14H16N4O3/c19-18(20)13-6-5-11(21-13)10-16-12-4-3-7-15-14(12)17-8-1-2-9-17/h3-7,16H,1-2,8-10H2. The van der Waals surface area contributed by atoms with Crippen LogP contribution in [0.5, 0.6) is 0 Å². The van der Waals surface area contributed by atoms with Gasteiger partial charge < -0.3 is 14.6 Å². The Kier molecular flexibility index (Phi) is 3.72. The van der Waals surface area contributed by atoms with Gasteiger partial charge in [0.05, 0.1) is 18.3 Å². The molecule has 0 bridgehead atoms. The molecule has 3 rings (SSSR count). The number of hydrogen-bond donors (Lipinski definition) is 1. The number of nitro groups is 1. The molecule has 7 heteroatoms. The lowest BCUT2D eigenvalue weighted by Crippen LogP contribution is -2.20. The molecular formula is C14H16N4O3. The van der Waals surface area contributed by atoms with Crippen LogP contribution in [0.4, 0.5) is 17.4 Å². The predicted octanol–water partition coefficient (Wildman–Crippen LogP) is 2.80. The average molecular weight is 288 g/mol. The summed E-state index contributed by atoms with van der Waals surface area (Å²) in [5.74, 6) is 1.21. The van der Waals surface area contributed by atoms with Crippen LogP contribution in [0.15, 0.2) is 34.9 Å². The molecule has 0 aliphatic carbocycles. The van der Waals surface area contributed by atoms with Crippen molar-refractivity contribution in [3.05, 3.63) is 46.3 Å². The lowest BCUT2D eigenvalue weighted by Gasteiger charge is -2.20. The number of nitrogens with one attached hydrogen (secondary N) is 1. The first-order valence-corrected chi connectivity index (χ1v) is 6.91. The fourth-order valence-corrected chi connectivity index (χ4v) is 2.46. The molecule has 0 atom stereocenters. The van der Waals surface area contributed by atoms with E-state index >= 15 is 0 Å². The van der Waals surface area contributed by atoms with Crippen LogP contribution in [0.3, 0.4) is 0 Å². The van der Waals surface area contributed by atoms with E-state index in [0.717, 1.165) is 24.6 Å². The molecule has 7 nitrogen and oxygen atoms in total. The zero-order valence-electron chi connectivity index (χ0n) is 11.5. The summed E-state index contributed by atoms with van der Waals surface area (Å²) in [4.78, 5) is 16.7. The summed E-state index contributed by atoms with van der Waals surface area (Å²) in [7, 11) is 0. The Labute approximate surface area is 121 Å². The van der Waals surface area contributed by atoms with Gasteiger partial charge in [0.1, 0.15) is 10.7 Å². The summed E-state index contributed by atoms with van der Waals surface area (Å²) in [6.07, 6.45) is 4.14. The van der Waals surface area contributed by atoms with E-state index in [1.165, 1.54) is 18.9 Å². The van der Waals surface area contributed by atoms with Crippen LogP contribution < -0.4 is 10.2 Å². The molecule has 1 aliphatic rings. The van der Waals surface area contributed by atoms with Crippen molar-refractivity contribution in [2.45, 2.75) is 19.4 Å². The highest BCUT2D eigenvalue weighted by atomic mass is 16.6. The van der Waals surface area contributed by atoms with Crippen molar-refractivity contribution in [2.24, 2.45) is 0 Å². The molecule has 0 saturated carbocycles. The second-order valence-corrected chi connectivity index (χ2v) is 4.92. The lowest BCUT2D eigenvalue weighted by atomic mass is 10.3. The van der Waals surface area contributed by atoms with Crippen molar-refractivity contribution >= 4 is 17.4 Å². The molecule has 3 heterocycles. The van der Waals surface area contributed by atoms with E-state index in [2.05, 4.69) is 15.2 Å². The molecule has 0 amide bonds. The van der Waals surface area contributed by atoms with E-state index in [1.807, 2.05) is 12.1 Å². The first-order valence-electron chi connectivity index (χ1n) is 6.91. The van der Waals surface area contributed by atoms with Gasteiger partial charge in [0, 0.05) is 19.3 Å². The Morgan fingerprint density at radius 2 is 2.14 bits per heavy atom. The van der Waals surface area contributed by atoms with Gasteiger partial charge in [-0.3, -0.25) is 10.1 Å². The normalized spacial score (nSPS) is 14.4. The molecule has 0 spiro atoms. The molecule has 1 aliphatic heterocycles. The third-order valence-corrected chi connectivity index (χ3v) is 3.47. The quantitative estimate of drug-likeness (QED) is 0.672. The Morgan fingerprint density at radius 1 is 1.33 bits per heavy atom. The second-order valence-electron chi connectivity index (χ2n) is 4.92. The van der Waals surface area contributed by atoms with Crippen molar-refractivity contribution in [1.82, 2.24) is 4.98 Å². The second kappa shape index (κ2) is 5.82. The number of pyridine rings is 1. The van der Waals surface area contributed by atoms with Crippen molar-refractivity contribution in [2.75, 3.05) is 23.3 Å². The molecule has 1 fully saturated rings. The van der Waals surface area contributed by atoms with E-state index in [0.29, 0.717) is 12.3 Å². The fourth-order valence-electron chi connectivity index (χ4n) is 2.46. The maximum absolute atomic E-state index is 10.6. The van der Waals surface area contributed by atoms with Gasteiger partial charge in [-0.2, -0.15) is 0 Å². The van der Waals surface area contributed by atoms with Gasteiger partial charge in [-0.1, -0.05) is 0 Å². The SMILES string of the molecule is O=[N+]([O-])c1ccc(CNc2cccnc2N2CCCC2)o1.